The largest absolute Gasteiger partial charge is 0.375 e. The van der Waals surface area contributed by atoms with E-state index in [1.807, 2.05) is 11.3 Å². The van der Waals surface area contributed by atoms with Gasteiger partial charge in [-0.15, -0.1) is 11.3 Å². The van der Waals surface area contributed by atoms with Crippen molar-refractivity contribution in [1.29, 1.82) is 0 Å². The number of ether oxygens (including phenoxy) is 1. The number of rotatable bonds is 2. The monoisotopic (exact) mass is 281 g/mol. The van der Waals surface area contributed by atoms with E-state index in [1.165, 1.54) is 9.75 Å². The molecule has 1 aliphatic rings. The second-order valence-corrected chi connectivity index (χ2v) is 8.08. The fraction of sp³-hybridized carbons (Fsp3) is 0.750. The van der Waals surface area contributed by atoms with Crippen molar-refractivity contribution in [3.05, 3.63) is 21.9 Å². The van der Waals surface area contributed by atoms with E-state index >= 15 is 0 Å². The molecule has 2 rings (SSSR count). The third-order valence-corrected chi connectivity index (χ3v) is 6.04. The van der Waals surface area contributed by atoms with Crippen molar-refractivity contribution in [2.45, 2.75) is 65.2 Å². The normalized spacial score (nSPS) is 33.6. The lowest BCUT2D eigenvalue weighted by atomic mass is 9.83. The lowest BCUT2D eigenvalue weighted by Gasteiger charge is -2.25. The fourth-order valence-corrected chi connectivity index (χ4v) is 4.16. The molecule has 0 radical (unpaired) electrons. The summed E-state index contributed by atoms with van der Waals surface area (Å²) in [6, 6.07) is 4.53. The molecule has 108 valence electrons. The van der Waals surface area contributed by atoms with E-state index < -0.39 is 0 Å². The molecule has 5 unspecified atom stereocenters. The minimum absolute atomic E-state index is 0.0936. The fourth-order valence-electron chi connectivity index (χ4n) is 3.04. The van der Waals surface area contributed by atoms with E-state index in [-0.39, 0.29) is 17.6 Å². The Kier molecular flexibility index (Phi) is 4.10. The molecule has 0 aromatic carbocycles. The first kappa shape index (κ1) is 15.0. The average molecular weight is 281 g/mol. The first-order chi connectivity index (χ1) is 8.71. The van der Waals surface area contributed by atoms with E-state index in [2.05, 4.69) is 53.7 Å². The molecule has 0 aliphatic carbocycles. The van der Waals surface area contributed by atoms with Crippen LogP contribution >= 0.6 is 11.3 Å². The molecule has 1 aromatic rings. The van der Waals surface area contributed by atoms with Gasteiger partial charge in [-0.05, 0) is 37.3 Å². The highest BCUT2D eigenvalue weighted by Crippen LogP contribution is 2.42. The summed E-state index contributed by atoms with van der Waals surface area (Å²) >= 11 is 1.86. The Hall–Kier alpha value is -0.380. The van der Waals surface area contributed by atoms with Gasteiger partial charge in [-0.2, -0.15) is 0 Å². The Morgan fingerprint density at radius 1 is 1.16 bits per heavy atom. The third-order valence-electron chi connectivity index (χ3n) is 4.43. The van der Waals surface area contributed by atoms with Gasteiger partial charge in [0.2, 0.25) is 0 Å². The highest BCUT2D eigenvalue weighted by atomic mass is 32.1. The molecule has 2 nitrogen and oxygen atoms in total. The van der Waals surface area contributed by atoms with E-state index in [0.717, 1.165) is 0 Å². The summed E-state index contributed by atoms with van der Waals surface area (Å²) in [5.41, 5.74) is 6.74. The van der Waals surface area contributed by atoms with Crippen LogP contribution in [0.3, 0.4) is 0 Å². The molecule has 0 saturated carbocycles. The molecule has 0 bridgehead atoms. The highest BCUT2D eigenvalue weighted by Gasteiger charge is 2.41. The summed E-state index contributed by atoms with van der Waals surface area (Å²) in [4.78, 5) is 2.71. The van der Waals surface area contributed by atoms with Crippen LogP contribution in [-0.4, -0.2) is 12.2 Å². The molecular formula is C16H27NOS. The zero-order valence-electron chi connectivity index (χ0n) is 12.9. The van der Waals surface area contributed by atoms with Crippen LogP contribution in [-0.2, 0) is 10.2 Å². The van der Waals surface area contributed by atoms with Crippen LogP contribution < -0.4 is 5.73 Å². The van der Waals surface area contributed by atoms with Crippen LogP contribution in [0.2, 0.25) is 0 Å². The van der Waals surface area contributed by atoms with Crippen molar-refractivity contribution >= 4 is 11.3 Å². The first-order valence-corrected chi connectivity index (χ1v) is 8.04. The SMILES string of the molecule is CC1OC(C)C(C(N)c2ccc(C(C)(C)C)s2)C1C. The maximum absolute atomic E-state index is 6.53. The van der Waals surface area contributed by atoms with Crippen molar-refractivity contribution in [2.75, 3.05) is 0 Å². The Balaban J connectivity index is 2.20. The summed E-state index contributed by atoms with van der Waals surface area (Å²) in [5.74, 6) is 0.937. The number of hydrogen-bond donors (Lipinski definition) is 1. The molecule has 1 aliphatic heterocycles. The summed E-state index contributed by atoms with van der Waals surface area (Å²) in [6.45, 7) is 13.3. The summed E-state index contributed by atoms with van der Waals surface area (Å²) in [6.07, 6.45) is 0.563. The molecule has 5 atom stereocenters. The molecule has 3 heteroatoms. The van der Waals surface area contributed by atoms with Crippen LogP contribution in [0.1, 0.15) is 57.3 Å². The van der Waals surface area contributed by atoms with Crippen molar-refractivity contribution in [3.63, 3.8) is 0 Å². The predicted octanol–water partition coefficient (Wildman–Crippen LogP) is 4.10. The van der Waals surface area contributed by atoms with Gasteiger partial charge in [0.05, 0.1) is 12.2 Å². The topological polar surface area (TPSA) is 35.2 Å². The Morgan fingerprint density at radius 3 is 2.21 bits per heavy atom. The van der Waals surface area contributed by atoms with Crippen LogP contribution in [0.15, 0.2) is 12.1 Å². The van der Waals surface area contributed by atoms with Crippen LogP contribution in [0, 0.1) is 11.8 Å². The Labute approximate surface area is 121 Å². The Bertz CT molecular complexity index is 434. The van der Waals surface area contributed by atoms with Gasteiger partial charge in [-0.1, -0.05) is 27.7 Å². The quantitative estimate of drug-likeness (QED) is 0.885. The lowest BCUT2D eigenvalue weighted by Crippen LogP contribution is -2.30. The zero-order chi connectivity index (χ0) is 14.4. The summed E-state index contributed by atoms with van der Waals surface area (Å²) in [7, 11) is 0. The van der Waals surface area contributed by atoms with Gasteiger partial charge in [0, 0.05) is 21.7 Å². The first-order valence-electron chi connectivity index (χ1n) is 7.23. The van der Waals surface area contributed by atoms with Gasteiger partial charge < -0.3 is 10.5 Å². The van der Waals surface area contributed by atoms with Crippen molar-refractivity contribution in [2.24, 2.45) is 17.6 Å². The van der Waals surface area contributed by atoms with Crippen molar-refractivity contribution in [3.8, 4) is 0 Å². The third kappa shape index (κ3) is 2.88. The molecule has 2 heterocycles. The second-order valence-electron chi connectivity index (χ2n) is 6.96. The molecule has 19 heavy (non-hydrogen) atoms. The smallest absolute Gasteiger partial charge is 0.0600 e. The van der Waals surface area contributed by atoms with Gasteiger partial charge in [-0.3, -0.25) is 0 Å². The number of hydrogen-bond acceptors (Lipinski definition) is 3. The summed E-state index contributed by atoms with van der Waals surface area (Å²) < 4.78 is 5.93. The van der Waals surface area contributed by atoms with E-state index in [0.29, 0.717) is 17.9 Å². The van der Waals surface area contributed by atoms with Crippen LogP contribution in [0.25, 0.3) is 0 Å². The molecule has 0 amide bonds. The number of thiophene rings is 1. The second kappa shape index (κ2) is 5.19. The molecule has 2 N–H and O–H groups in total. The molecule has 0 spiro atoms. The van der Waals surface area contributed by atoms with E-state index in [9.17, 15) is 0 Å². The van der Waals surface area contributed by atoms with Gasteiger partial charge >= 0.3 is 0 Å². The zero-order valence-corrected chi connectivity index (χ0v) is 13.8. The molecule has 1 fully saturated rings. The van der Waals surface area contributed by atoms with Gasteiger partial charge in [-0.25, -0.2) is 0 Å². The van der Waals surface area contributed by atoms with Gasteiger partial charge in [0.15, 0.2) is 0 Å². The summed E-state index contributed by atoms with van der Waals surface area (Å²) in [5, 5.41) is 0. The van der Waals surface area contributed by atoms with Gasteiger partial charge in [0.25, 0.3) is 0 Å². The maximum atomic E-state index is 6.53. The van der Waals surface area contributed by atoms with Gasteiger partial charge in [0.1, 0.15) is 0 Å². The van der Waals surface area contributed by atoms with Crippen molar-refractivity contribution in [1.82, 2.24) is 0 Å². The van der Waals surface area contributed by atoms with E-state index in [1.54, 1.807) is 0 Å². The molecular weight excluding hydrogens is 254 g/mol. The van der Waals surface area contributed by atoms with Crippen LogP contribution in [0.4, 0.5) is 0 Å². The van der Waals surface area contributed by atoms with Crippen molar-refractivity contribution < 1.29 is 4.74 Å². The average Bonchev–Trinajstić information content (AvgIpc) is 2.84. The molecule has 1 aromatic heterocycles. The number of nitrogens with two attached hydrogens (primary N) is 1. The minimum atomic E-state index is 0.0936. The highest BCUT2D eigenvalue weighted by molar-refractivity contribution is 7.12. The maximum Gasteiger partial charge on any atom is 0.0600 e. The lowest BCUT2D eigenvalue weighted by molar-refractivity contribution is 0.0490. The minimum Gasteiger partial charge on any atom is -0.375 e. The predicted molar refractivity (Wildman–Crippen MR) is 82.6 cm³/mol. The van der Waals surface area contributed by atoms with Crippen LogP contribution in [0.5, 0.6) is 0 Å². The Morgan fingerprint density at radius 2 is 1.79 bits per heavy atom. The molecule has 1 saturated heterocycles. The van der Waals surface area contributed by atoms with E-state index in [4.69, 9.17) is 10.5 Å². The standard InChI is InChI=1S/C16H27NOS/c1-9-10(2)18-11(3)14(9)15(17)12-7-8-13(19-12)16(4,5)6/h7-11,14-15H,17H2,1-6H3.